The molecule has 0 heterocycles. The first kappa shape index (κ1) is 12.7. The molecule has 0 unspecified atom stereocenters. The van der Waals surface area contributed by atoms with Crippen molar-refractivity contribution in [2.24, 2.45) is 0 Å². The topological polar surface area (TPSA) is 0 Å². The van der Waals surface area contributed by atoms with Crippen LogP contribution < -0.4 is 0 Å². The number of rotatable bonds is 7. The molecule has 0 aromatic heterocycles. The molecule has 0 saturated carbocycles. The molecule has 0 rings (SSSR count). The normalized spacial score (nSPS) is 13.2. The molecule has 0 bridgehead atoms. The zero-order valence-electron chi connectivity index (χ0n) is 9.45. The van der Waals surface area contributed by atoms with Crippen LogP contribution in [-0.2, 0) is 0 Å². The van der Waals surface area contributed by atoms with Gasteiger partial charge in [-0.25, -0.2) is 0 Å². The summed E-state index contributed by atoms with van der Waals surface area (Å²) in [7, 11) is 1.49. The molecule has 0 N–H and O–H groups in total. The maximum absolute atomic E-state index is 2.39. The second kappa shape index (κ2) is 7.09. The Labute approximate surface area is 84.4 Å². The molecule has 12 heavy (non-hydrogen) atoms. The Morgan fingerprint density at radius 2 is 1.25 bits per heavy atom. The van der Waals surface area contributed by atoms with E-state index in [2.05, 4.69) is 20.8 Å². The first-order valence-corrected chi connectivity index (χ1v) is 16.3. The number of hydrogen-bond donors (Lipinski definition) is 0. The largest absolute Gasteiger partial charge is 0.0657 e. The highest BCUT2D eigenvalue weighted by Crippen LogP contribution is 2.23. The Morgan fingerprint density at radius 3 is 1.42 bits per heavy atom. The third-order valence-corrected chi connectivity index (χ3v) is 30.5. The van der Waals surface area contributed by atoms with Crippen LogP contribution in [0.25, 0.3) is 0 Å². The summed E-state index contributed by atoms with van der Waals surface area (Å²) >= 11 is 0. The fraction of sp³-hybridized carbons (Fsp3) is 1.00. The van der Waals surface area contributed by atoms with E-state index in [1.807, 2.05) is 0 Å². The van der Waals surface area contributed by atoms with Gasteiger partial charge in [-0.15, -0.1) is 0 Å². The monoisotopic (exact) mass is 218 g/mol. The first-order chi connectivity index (χ1) is 5.74. The lowest BCUT2D eigenvalue weighted by Crippen LogP contribution is -2.41. The minimum absolute atomic E-state index is 0.466. The lowest BCUT2D eigenvalue weighted by molar-refractivity contribution is 0.947. The molecular weight excluding hydrogens is 192 g/mol. The Balaban J connectivity index is 4.06. The van der Waals surface area contributed by atoms with Crippen molar-refractivity contribution in [1.29, 1.82) is 0 Å². The van der Waals surface area contributed by atoms with Gasteiger partial charge in [-0.3, -0.25) is 0 Å². The molecule has 0 spiro atoms. The molecule has 0 saturated heterocycles. The summed E-state index contributed by atoms with van der Waals surface area (Å²) in [4.78, 5) is 0. The Hall–Kier alpha value is 0.651. The SMILES string of the molecule is CCC[Si](CCC)(CCC)[SiH2][SiH3]. The molecule has 3 heteroatoms. The second-order valence-electron chi connectivity index (χ2n) is 4.10. The minimum Gasteiger partial charge on any atom is -0.0657 e. The molecule has 0 aromatic carbocycles. The highest BCUT2D eigenvalue weighted by molar-refractivity contribution is 7.40. The van der Waals surface area contributed by atoms with Crippen LogP contribution in [0.3, 0.4) is 0 Å². The quantitative estimate of drug-likeness (QED) is 0.570. The van der Waals surface area contributed by atoms with E-state index >= 15 is 0 Å². The fourth-order valence-corrected chi connectivity index (χ4v) is 23.4. The standard InChI is InChI=1S/C9H26Si3/c1-4-7-12(11-10,8-5-2)9-6-3/h4-9,11H2,1-3,10H3. The van der Waals surface area contributed by atoms with Crippen LogP contribution in [0.5, 0.6) is 0 Å². The highest BCUT2D eigenvalue weighted by atomic mass is 29.5. The van der Waals surface area contributed by atoms with Crippen LogP contribution in [0, 0.1) is 0 Å². The van der Waals surface area contributed by atoms with Crippen LogP contribution in [0.4, 0.5) is 0 Å². The van der Waals surface area contributed by atoms with Crippen LogP contribution in [-0.4, -0.2) is 25.9 Å². The van der Waals surface area contributed by atoms with Crippen LogP contribution in [0.2, 0.25) is 18.1 Å². The average molecular weight is 219 g/mol. The van der Waals surface area contributed by atoms with E-state index in [9.17, 15) is 0 Å². The lowest BCUT2D eigenvalue weighted by atomic mass is 10.6. The average Bonchev–Trinajstić information content (AvgIpc) is 2.06. The van der Waals surface area contributed by atoms with Gasteiger partial charge in [0, 0.05) is 16.1 Å². The molecule has 0 amide bonds. The van der Waals surface area contributed by atoms with Gasteiger partial charge >= 0.3 is 0 Å². The zero-order chi connectivity index (χ0) is 9.45. The zero-order valence-corrected chi connectivity index (χ0v) is 13.9. The number of hydrogen-bond acceptors (Lipinski definition) is 0. The van der Waals surface area contributed by atoms with Crippen molar-refractivity contribution in [1.82, 2.24) is 0 Å². The van der Waals surface area contributed by atoms with Crippen LogP contribution >= 0.6 is 0 Å². The van der Waals surface area contributed by atoms with Crippen molar-refractivity contribution in [3.63, 3.8) is 0 Å². The van der Waals surface area contributed by atoms with E-state index in [0.717, 1.165) is 0 Å². The van der Waals surface area contributed by atoms with Crippen molar-refractivity contribution in [2.45, 2.75) is 58.2 Å². The van der Waals surface area contributed by atoms with Crippen molar-refractivity contribution >= 4 is 25.9 Å². The Bertz CT molecular complexity index is 86.9. The van der Waals surface area contributed by atoms with Crippen molar-refractivity contribution in [3.8, 4) is 0 Å². The van der Waals surface area contributed by atoms with Gasteiger partial charge < -0.3 is 0 Å². The summed E-state index contributed by atoms with van der Waals surface area (Å²) in [6.07, 6.45) is 4.42. The van der Waals surface area contributed by atoms with Gasteiger partial charge in [0.25, 0.3) is 0 Å². The maximum Gasteiger partial charge on any atom is 0.0367 e. The van der Waals surface area contributed by atoms with E-state index in [1.54, 1.807) is 27.9 Å². The van der Waals surface area contributed by atoms with Gasteiger partial charge in [0.2, 0.25) is 0 Å². The first-order valence-electron chi connectivity index (χ1n) is 5.74. The van der Waals surface area contributed by atoms with E-state index in [0.29, 0.717) is 8.55 Å². The van der Waals surface area contributed by atoms with Gasteiger partial charge in [-0.05, 0) is 9.76 Å². The molecule has 0 fully saturated rings. The summed E-state index contributed by atoms with van der Waals surface area (Å²) in [5, 5.41) is 0. The van der Waals surface area contributed by atoms with E-state index in [1.165, 1.54) is 19.3 Å². The molecule has 0 aliphatic carbocycles. The molecule has 0 aliphatic heterocycles. The fourth-order valence-electron chi connectivity index (χ4n) is 2.50. The van der Waals surface area contributed by atoms with Crippen LogP contribution in [0.15, 0.2) is 0 Å². The van der Waals surface area contributed by atoms with E-state index < -0.39 is 7.59 Å². The van der Waals surface area contributed by atoms with Crippen molar-refractivity contribution in [3.05, 3.63) is 0 Å². The molecule has 0 aliphatic rings. The van der Waals surface area contributed by atoms with Gasteiger partial charge in [0.05, 0.1) is 0 Å². The highest BCUT2D eigenvalue weighted by Gasteiger charge is 2.27. The van der Waals surface area contributed by atoms with E-state index in [-0.39, 0.29) is 0 Å². The predicted molar refractivity (Wildman–Crippen MR) is 69.5 cm³/mol. The summed E-state index contributed by atoms with van der Waals surface area (Å²) in [5.41, 5.74) is 0. The Morgan fingerprint density at radius 1 is 0.917 bits per heavy atom. The van der Waals surface area contributed by atoms with Gasteiger partial charge in [0.15, 0.2) is 0 Å². The maximum atomic E-state index is 2.39. The minimum atomic E-state index is -0.569. The van der Waals surface area contributed by atoms with Crippen molar-refractivity contribution in [2.75, 3.05) is 0 Å². The van der Waals surface area contributed by atoms with Gasteiger partial charge in [0.1, 0.15) is 0 Å². The second-order valence-corrected chi connectivity index (χ2v) is 22.3. The molecule has 0 atom stereocenters. The molecule has 0 aromatic rings. The summed E-state index contributed by atoms with van der Waals surface area (Å²) in [6, 6.07) is 5.01. The molecule has 0 nitrogen and oxygen atoms in total. The molecule has 74 valence electrons. The third kappa shape index (κ3) is 4.05. The lowest BCUT2D eigenvalue weighted by Gasteiger charge is -2.29. The van der Waals surface area contributed by atoms with Crippen molar-refractivity contribution < 1.29 is 0 Å². The van der Waals surface area contributed by atoms with Gasteiger partial charge in [-0.1, -0.05) is 58.2 Å². The van der Waals surface area contributed by atoms with E-state index in [4.69, 9.17) is 0 Å². The molecular formula is C9H26Si3. The smallest absolute Gasteiger partial charge is 0.0367 e. The molecule has 0 radical (unpaired) electrons. The third-order valence-electron chi connectivity index (χ3n) is 3.09. The summed E-state index contributed by atoms with van der Waals surface area (Å²) in [6.45, 7) is 7.16. The van der Waals surface area contributed by atoms with Gasteiger partial charge in [-0.2, -0.15) is 0 Å². The Kier molecular flexibility index (Phi) is 7.48. The predicted octanol–water partition coefficient (Wildman–Crippen LogP) is 1.61. The summed E-state index contributed by atoms with van der Waals surface area (Å²) in [5.74, 6) is 0. The summed E-state index contributed by atoms with van der Waals surface area (Å²) < 4.78 is 0. The van der Waals surface area contributed by atoms with Crippen LogP contribution in [0.1, 0.15) is 40.0 Å².